The Kier molecular flexibility index (Phi) is 4.15. The molecule has 24 heavy (non-hydrogen) atoms. The lowest BCUT2D eigenvalue weighted by Gasteiger charge is -2.14. The second kappa shape index (κ2) is 6.26. The first-order valence-corrected chi connectivity index (χ1v) is 8.62. The molecule has 0 radical (unpaired) electrons. The molecular weight excluding hydrogens is 326 g/mol. The van der Waals surface area contributed by atoms with Crippen molar-refractivity contribution in [3.63, 3.8) is 0 Å². The second-order valence-electron chi connectivity index (χ2n) is 4.97. The molecule has 2 aromatic carbocycles. The summed E-state index contributed by atoms with van der Waals surface area (Å²) in [6.07, 6.45) is 0. The predicted octanol–water partition coefficient (Wildman–Crippen LogP) is 2.68. The van der Waals surface area contributed by atoms with E-state index in [0.717, 1.165) is 0 Å². The number of para-hydroxylation sites is 2. The largest absolute Gasteiger partial charge is 0.480 e. The summed E-state index contributed by atoms with van der Waals surface area (Å²) in [6.45, 7) is 0. The molecule has 120 valence electrons. The Morgan fingerprint density at radius 1 is 1.00 bits per heavy atom. The Bertz CT molecular complexity index is 1030. The van der Waals surface area contributed by atoms with Crippen molar-refractivity contribution in [1.29, 1.82) is 5.26 Å². The molecule has 0 spiro atoms. The van der Waals surface area contributed by atoms with Gasteiger partial charge in [-0.05, 0) is 24.3 Å². The van der Waals surface area contributed by atoms with Gasteiger partial charge in [0.25, 0.3) is 0 Å². The zero-order valence-electron chi connectivity index (χ0n) is 12.7. The first-order valence-electron chi connectivity index (χ1n) is 7.07. The van der Waals surface area contributed by atoms with Crippen LogP contribution in [0, 0.1) is 11.3 Å². The molecule has 0 unspecified atom stereocenters. The molecule has 0 saturated carbocycles. The van der Waals surface area contributed by atoms with Gasteiger partial charge < -0.3 is 4.74 Å². The average Bonchev–Trinajstić information content (AvgIpc) is 2.62. The van der Waals surface area contributed by atoms with Crippen molar-refractivity contribution in [2.75, 3.05) is 7.11 Å². The van der Waals surface area contributed by atoms with Gasteiger partial charge in [0, 0.05) is 0 Å². The van der Waals surface area contributed by atoms with E-state index in [1.807, 2.05) is 6.07 Å². The maximum atomic E-state index is 12.8. The molecule has 0 fully saturated rings. The molecule has 3 rings (SSSR count). The Labute approximate surface area is 139 Å². The normalized spacial score (nSPS) is 12.5. The van der Waals surface area contributed by atoms with Gasteiger partial charge in [-0.15, -0.1) is 0 Å². The summed E-state index contributed by atoms with van der Waals surface area (Å²) in [5.74, 6) is 0.0276. The molecule has 7 heteroatoms. The third-order valence-electron chi connectivity index (χ3n) is 3.50. The Morgan fingerprint density at radius 2 is 1.58 bits per heavy atom. The highest BCUT2D eigenvalue weighted by Gasteiger charge is 2.33. The number of hydrogen-bond donors (Lipinski definition) is 0. The Morgan fingerprint density at radius 3 is 2.17 bits per heavy atom. The van der Waals surface area contributed by atoms with Gasteiger partial charge in [-0.1, -0.05) is 30.3 Å². The van der Waals surface area contributed by atoms with Crippen molar-refractivity contribution in [2.45, 2.75) is 10.1 Å². The van der Waals surface area contributed by atoms with Crippen LogP contribution < -0.4 is 4.74 Å². The van der Waals surface area contributed by atoms with E-state index in [1.54, 1.807) is 42.5 Å². The number of ether oxygens (including phenoxy) is 1. The number of aromatic nitrogens is 2. The van der Waals surface area contributed by atoms with Crippen LogP contribution in [-0.2, 0) is 9.84 Å². The number of methoxy groups -OCH3 is 1. The van der Waals surface area contributed by atoms with Gasteiger partial charge in [0.15, 0.2) is 5.25 Å². The molecular formula is C17H13N3O3S. The average molecular weight is 339 g/mol. The van der Waals surface area contributed by atoms with Gasteiger partial charge in [0.1, 0.15) is 5.69 Å². The minimum atomic E-state index is -3.95. The van der Waals surface area contributed by atoms with Crippen LogP contribution in [0.25, 0.3) is 11.0 Å². The smallest absolute Gasteiger partial charge is 0.238 e. The first-order chi connectivity index (χ1) is 11.6. The second-order valence-corrected chi connectivity index (χ2v) is 7.01. The number of sulfone groups is 1. The molecule has 0 aliphatic rings. The summed E-state index contributed by atoms with van der Waals surface area (Å²) >= 11 is 0. The highest BCUT2D eigenvalue weighted by Crippen LogP contribution is 2.32. The molecule has 1 heterocycles. The number of fused-ring (bicyclic) bond motifs is 1. The monoisotopic (exact) mass is 339 g/mol. The Hall–Kier alpha value is -2.98. The lowest BCUT2D eigenvalue weighted by molar-refractivity contribution is 0.392. The lowest BCUT2D eigenvalue weighted by Crippen LogP contribution is -2.15. The number of nitrogens with zero attached hydrogens (tertiary/aromatic N) is 3. The van der Waals surface area contributed by atoms with Crippen LogP contribution in [0.1, 0.15) is 10.9 Å². The van der Waals surface area contributed by atoms with Crippen molar-refractivity contribution >= 4 is 20.9 Å². The highest BCUT2D eigenvalue weighted by atomic mass is 32.2. The fraction of sp³-hybridized carbons (Fsp3) is 0.118. The van der Waals surface area contributed by atoms with Crippen molar-refractivity contribution < 1.29 is 13.2 Å². The van der Waals surface area contributed by atoms with Crippen molar-refractivity contribution in [3.8, 4) is 11.9 Å². The molecule has 1 atom stereocenters. The van der Waals surface area contributed by atoms with E-state index in [1.165, 1.54) is 19.2 Å². The third kappa shape index (κ3) is 2.68. The molecule has 0 aliphatic carbocycles. The minimum absolute atomic E-state index is 0.0115. The predicted molar refractivity (Wildman–Crippen MR) is 88.1 cm³/mol. The first kappa shape index (κ1) is 15.9. The van der Waals surface area contributed by atoms with Crippen LogP contribution in [0.4, 0.5) is 0 Å². The van der Waals surface area contributed by atoms with Crippen molar-refractivity contribution in [1.82, 2.24) is 9.97 Å². The van der Waals surface area contributed by atoms with Crippen LogP contribution in [0.2, 0.25) is 0 Å². The molecule has 0 amide bonds. The summed E-state index contributed by atoms with van der Waals surface area (Å²) in [5.41, 5.74) is 1.05. The number of benzene rings is 2. The lowest BCUT2D eigenvalue weighted by atomic mass is 10.2. The zero-order valence-corrected chi connectivity index (χ0v) is 13.6. The van der Waals surface area contributed by atoms with E-state index in [4.69, 9.17) is 4.74 Å². The minimum Gasteiger partial charge on any atom is -0.480 e. The number of nitriles is 1. The van der Waals surface area contributed by atoms with E-state index >= 15 is 0 Å². The fourth-order valence-corrected chi connectivity index (χ4v) is 3.74. The van der Waals surface area contributed by atoms with Crippen molar-refractivity contribution in [3.05, 3.63) is 60.3 Å². The molecule has 3 aromatic rings. The highest BCUT2D eigenvalue weighted by molar-refractivity contribution is 7.92. The van der Waals surface area contributed by atoms with E-state index in [9.17, 15) is 13.7 Å². The molecule has 0 N–H and O–H groups in total. The molecule has 0 bridgehead atoms. The Balaban J connectivity index is 2.22. The fourth-order valence-electron chi connectivity index (χ4n) is 2.34. The summed E-state index contributed by atoms with van der Waals surface area (Å²) in [6, 6.07) is 16.6. The SMILES string of the molecule is COc1nc2ccccc2nc1[C@H](C#N)S(=O)(=O)c1ccccc1. The topological polar surface area (TPSA) is 92.9 Å². The van der Waals surface area contributed by atoms with Crippen molar-refractivity contribution in [2.24, 2.45) is 0 Å². The van der Waals surface area contributed by atoms with Crippen LogP contribution in [0.3, 0.4) is 0 Å². The standard InChI is InChI=1S/C17H13N3O3S/c1-23-17-16(19-13-9-5-6-10-14(13)20-17)15(11-18)24(21,22)12-7-3-2-4-8-12/h2-10,15H,1H3/t15-/m0/s1. The van der Waals surface area contributed by atoms with Gasteiger partial charge in [-0.25, -0.2) is 18.4 Å². The van der Waals surface area contributed by atoms with Crippen LogP contribution >= 0.6 is 0 Å². The van der Waals surface area contributed by atoms with Crippen LogP contribution in [0.15, 0.2) is 59.5 Å². The van der Waals surface area contributed by atoms with E-state index in [-0.39, 0.29) is 16.5 Å². The number of rotatable bonds is 4. The quantitative estimate of drug-likeness (QED) is 0.725. The van der Waals surface area contributed by atoms with Gasteiger partial charge in [-0.3, -0.25) is 0 Å². The van der Waals surface area contributed by atoms with Gasteiger partial charge in [0.2, 0.25) is 15.7 Å². The summed E-state index contributed by atoms with van der Waals surface area (Å²) < 4.78 is 30.8. The maximum absolute atomic E-state index is 12.8. The van der Waals surface area contributed by atoms with E-state index in [2.05, 4.69) is 9.97 Å². The van der Waals surface area contributed by atoms with E-state index < -0.39 is 15.1 Å². The van der Waals surface area contributed by atoms with E-state index in [0.29, 0.717) is 11.0 Å². The molecule has 1 aromatic heterocycles. The molecule has 6 nitrogen and oxygen atoms in total. The summed E-state index contributed by atoms with van der Waals surface area (Å²) in [7, 11) is -2.58. The van der Waals surface area contributed by atoms with Gasteiger partial charge in [-0.2, -0.15) is 5.26 Å². The molecule has 0 aliphatic heterocycles. The van der Waals surface area contributed by atoms with Crippen LogP contribution in [0.5, 0.6) is 5.88 Å². The number of hydrogen-bond acceptors (Lipinski definition) is 6. The van der Waals surface area contributed by atoms with Gasteiger partial charge in [0.05, 0.1) is 29.1 Å². The zero-order chi connectivity index (χ0) is 17.2. The summed E-state index contributed by atoms with van der Waals surface area (Å²) in [5, 5.41) is 8.01. The van der Waals surface area contributed by atoms with Crippen LogP contribution in [-0.4, -0.2) is 25.5 Å². The third-order valence-corrected chi connectivity index (χ3v) is 5.38. The molecule has 0 saturated heterocycles. The summed E-state index contributed by atoms with van der Waals surface area (Å²) in [4.78, 5) is 8.64. The van der Waals surface area contributed by atoms with Gasteiger partial charge >= 0.3 is 0 Å². The maximum Gasteiger partial charge on any atom is 0.238 e.